The molecule has 0 saturated heterocycles. The first kappa shape index (κ1) is 11.6. The van der Waals surface area contributed by atoms with Crippen LogP contribution in [0.1, 0.15) is 43.8 Å². The number of aliphatic hydroxyl groups excluding tert-OH is 2. The maximum atomic E-state index is 9.45. The average molecular weight is 224 g/mol. The van der Waals surface area contributed by atoms with Gasteiger partial charge < -0.3 is 14.8 Å². The Bertz CT molecular complexity index is 319. The zero-order valence-corrected chi connectivity index (χ0v) is 9.55. The van der Waals surface area contributed by atoms with Crippen molar-refractivity contribution in [3.8, 4) is 0 Å². The Kier molecular flexibility index (Phi) is 3.96. The molecule has 1 aliphatic rings. The fourth-order valence-corrected chi connectivity index (χ4v) is 2.48. The van der Waals surface area contributed by atoms with Crippen molar-refractivity contribution in [1.29, 1.82) is 0 Å². The number of hydrogen-bond donors (Lipinski definition) is 2. The van der Waals surface area contributed by atoms with Crippen molar-refractivity contribution in [2.24, 2.45) is 0 Å². The standard InChI is InChI=1S/C12H20N2O2/c15-9-11(16)8-14-7-6-13-12(14)10-4-2-1-3-5-10/h6-7,10-11,15-16H,1-5,8-9H2. The molecule has 4 heteroatoms. The van der Waals surface area contributed by atoms with Gasteiger partial charge in [0.15, 0.2) is 0 Å². The summed E-state index contributed by atoms with van der Waals surface area (Å²) < 4.78 is 1.98. The second-order valence-corrected chi connectivity index (χ2v) is 4.61. The lowest BCUT2D eigenvalue weighted by Crippen LogP contribution is -2.22. The van der Waals surface area contributed by atoms with E-state index in [9.17, 15) is 5.11 Å². The van der Waals surface area contributed by atoms with Crippen LogP contribution in [0.25, 0.3) is 0 Å². The van der Waals surface area contributed by atoms with Crippen molar-refractivity contribution in [1.82, 2.24) is 9.55 Å². The van der Waals surface area contributed by atoms with Crippen LogP contribution in [-0.2, 0) is 6.54 Å². The molecule has 1 heterocycles. The van der Waals surface area contributed by atoms with Crippen molar-refractivity contribution >= 4 is 0 Å². The van der Waals surface area contributed by atoms with E-state index in [1.807, 2.05) is 10.8 Å². The summed E-state index contributed by atoms with van der Waals surface area (Å²) in [4.78, 5) is 4.40. The molecule has 0 radical (unpaired) electrons. The molecule has 0 spiro atoms. The highest BCUT2D eigenvalue weighted by atomic mass is 16.3. The molecular weight excluding hydrogens is 204 g/mol. The third kappa shape index (κ3) is 2.62. The number of imidazole rings is 1. The first-order valence-corrected chi connectivity index (χ1v) is 6.11. The average Bonchev–Trinajstić information content (AvgIpc) is 2.78. The minimum Gasteiger partial charge on any atom is -0.394 e. The SMILES string of the molecule is OCC(O)Cn1ccnc1C1CCCCC1. The third-order valence-corrected chi connectivity index (χ3v) is 3.34. The van der Waals surface area contributed by atoms with Crippen LogP contribution in [0.2, 0.25) is 0 Å². The van der Waals surface area contributed by atoms with Gasteiger partial charge in [0.2, 0.25) is 0 Å². The lowest BCUT2D eigenvalue weighted by molar-refractivity contribution is 0.0800. The fraction of sp³-hybridized carbons (Fsp3) is 0.750. The number of hydrogen-bond acceptors (Lipinski definition) is 3. The molecule has 16 heavy (non-hydrogen) atoms. The summed E-state index contributed by atoms with van der Waals surface area (Å²) in [5.74, 6) is 1.61. The molecular formula is C12H20N2O2. The lowest BCUT2D eigenvalue weighted by Gasteiger charge is -2.22. The Hall–Kier alpha value is -0.870. The summed E-state index contributed by atoms with van der Waals surface area (Å²) in [5.41, 5.74) is 0. The third-order valence-electron chi connectivity index (χ3n) is 3.34. The van der Waals surface area contributed by atoms with Crippen LogP contribution < -0.4 is 0 Å². The van der Waals surface area contributed by atoms with E-state index < -0.39 is 6.10 Å². The van der Waals surface area contributed by atoms with Crippen molar-refractivity contribution < 1.29 is 10.2 Å². The van der Waals surface area contributed by atoms with E-state index in [-0.39, 0.29) is 6.61 Å². The topological polar surface area (TPSA) is 58.3 Å². The van der Waals surface area contributed by atoms with E-state index in [1.165, 1.54) is 32.1 Å². The Morgan fingerprint density at radius 1 is 1.38 bits per heavy atom. The predicted octanol–water partition coefficient (Wildman–Crippen LogP) is 1.28. The maximum Gasteiger partial charge on any atom is 0.111 e. The van der Waals surface area contributed by atoms with E-state index in [4.69, 9.17) is 5.11 Å². The minimum atomic E-state index is -0.684. The van der Waals surface area contributed by atoms with Crippen molar-refractivity contribution in [2.75, 3.05) is 6.61 Å². The molecule has 1 unspecified atom stereocenters. The zero-order chi connectivity index (χ0) is 11.4. The molecule has 1 saturated carbocycles. The molecule has 2 rings (SSSR count). The van der Waals surface area contributed by atoms with Gasteiger partial charge in [-0.05, 0) is 12.8 Å². The summed E-state index contributed by atoms with van der Waals surface area (Å²) >= 11 is 0. The van der Waals surface area contributed by atoms with Gasteiger partial charge in [-0.2, -0.15) is 0 Å². The van der Waals surface area contributed by atoms with Gasteiger partial charge in [-0.15, -0.1) is 0 Å². The van der Waals surface area contributed by atoms with Gasteiger partial charge in [0.05, 0.1) is 19.3 Å². The molecule has 1 atom stereocenters. The van der Waals surface area contributed by atoms with Crippen LogP contribution >= 0.6 is 0 Å². The number of nitrogens with zero attached hydrogens (tertiary/aromatic N) is 2. The van der Waals surface area contributed by atoms with Gasteiger partial charge >= 0.3 is 0 Å². The summed E-state index contributed by atoms with van der Waals surface area (Å²) in [6, 6.07) is 0. The Morgan fingerprint density at radius 2 is 2.12 bits per heavy atom. The zero-order valence-electron chi connectivity index (χ0n) is 9.55. The summed E-state index contributed by atoms with van der Waals surface area (Å²) in [6.07, 6.45) is 9.28. The van der Waals surface area contributed by atoms with Gasteiger partial charge in [0.1, 0.15) is 5.82 Å². The predicted molar refractivity (Wildman–Crippen MR) is 61.1 cm³/mol. The highest BCUT2D eigenvalue weighted by molar-refractivity contribution is 5.02. The largest absolute Gasteiger partial charge is 0.394 e. The van der Waals surface area contributed by atoms with Crippen molar-refractivity contribution in [3.05, 3.63) is 18.2 Å². The Morgan fingerprint density at radius 3 is 2.81 bits per heavy atom. The molecule has 1 aromatic rings. The first-order valence-electron chi connectivity index (χ1n) is 6.11. The Balaban J connectivity index is 2.05. The lowest BCUT2D eigenvalue weighted by atomic mass is 9.88. The summed E-state index contributed by atoms with van der Waals surface area (Å²) in [5, 5.41) is 18.3. The molecule has 90 valence electrons. The van der Waals surface area contributed by atoms with Gasteiger partial charge in [-0.3, -0.25) is 0 Å². The number of aliphatic hydroxyl groups is 2. The van der Waals surface area contributed by atoms with Gasteiger partial charge in [-0.25, -0.2) is 4.98 Å². The van der Waals surface area contributed by atoms with Gasteiger partial charge in [-0.1, -0.05) is 19.3 Å². The van der Waals surface area contributed by atoms with E-state index in [1.54, 1.807) is 6.20 Å². The fourth-order valence-electron chi connectivity index (χ4n) is 2.48. The van der Waals surface area contributed by atoms with Crippen LogP contribution in [0.5, 0.6) is 0 Å². The summed E-state index contributed by atoms with van der Waals surface area (Å²) in [6.45, 7) is 0.255. The van der Waals surface area contributed by atoms with E-state index in [0.29, 0.717) is 12.5 Å². The quantitative estimate of drug-likeness (QED) is 0.810. The second-order valence-electron chi connectivity index (χ2n) is 4.61. The van der Waals surface area contributed by atoms with Gasteiger partial charge in [0.25, 0.3) is 0 Å². The van der Waals surface area contributed by atoms with E-state index in [0.717, 1.165) is 5.82 Å². The molecule has 1 aromatic heterocycles. The molecule has 0 aromatic carbocycles. The van der Waals surface area contributed by atoms with E-state index in [2.05, 4.69) is 4.98 Å². The molecule has 0 bridgehead atoms. The van der Waals surface area contributed by atoms with Crippen LogP contribution in [0.15, 0.2) is 12.4 Å². The highest BCUT2D eigenvalue weighted by Crippen LogP contribution is 2.31. The summed E-state index contributed by atoms with van der Waals surface area (Å²) in [7, 11) is 0. The molecule has 1 aliphatic carbocycles. The molecule has 4 nitrogen and oxygen atoms in total. The van der Waals surface area contributed by atoms with Crippen LogP contribution in [0, 0.1) is 0 Å². The number of rotatable bonds is 4. The monoisotopic (exact) mass is 224 g/mol. The normalized spacial score (nSPS) is 19.9. The van der Waals surface area contributed by atoms with Crippen molar-refractivity contribution in [2.45, 2.75) is 50.7 Å². The van der Waals surface area contributed by atoms with Crippen LogP contribution in [0.4, 0.5) is 0 Å². The maximum absolute atomic E-state index is 9.45. The molecule has 2 N–H and O–H groups in total. The molecule has 1 fully saturated rings. The van der Waals surface area contributed by atoms with Crippen LogP contribution in [-0.4, -0.2) is 32.5 Å². The smallest absolute Gasteiger partial charge is 0.111 e. The molecule has 0 aliphatic heterocycles. The Labute approximate surface area is 95.9 Å². The first-order chi connectivity index (χ1) is 7.81. The minimum absolute atomic E-state index is 0.192. The number of aromatic nitrogens is 2. The molecule has 0 amide bonds. The second kappa shape index (κ2) is 5.46. The van der Waals surface area contributed by atoms with Gasteiger partial charge in [0, 0.05) is 18.3 Å². The van der Waals surface area contributed by atoms with Crippen molar-refractivity contribution in [3.63, 3.8) is 0 Å². The van der Waals surface area contributed by atoms with Crippen LogP contribution in [0.3, 0.4) is 0 Å². The highest BCUT2D eigenvalue weighted by Gasteiger charge is 2.20. The van der Waals surface area contributed by atoms with E-state index >= 15 is 0 Å².